The van der Waals surface area contributed by atoms with Crippen LogP contribution in [0.15, 0.2) is 40.8 Å². The number of carbonyl (C=O) groups excluding carboxylic acids is 2. The second kappa shape index (κ2) is 5.83. The van der Waals surface area contributed by atoms with Crippen LogP contribution in [-0.4, -0.2) is 18.0 Å². The van der Waals surface area contributed by atoms with Crippen molar-refractivity contribution in [1.29, 1.82) is 0 Å². The van der Waals surface area contributed by atoms with Gasteiger partial charge >= 0.3 is 6.09 Å². The van der Waals surface area contributed by atoms with E-state index in [4.69, 9.17) is 9.15 Å². The molecule has 2 rings (SSSR count). The summed E-state index contributed by atoms with van der Waals surface area (Å²) in [6.45, 7) is 5.38. The molecule has 0 saturated carbocycles. The van der Waals surface area contributed by atoms with Crippen molar-refractivity contribution in [3.8, 4) is 11.3 Å². The van der Waals surface area contributed by atoms with E-state index >= 15 is 0 Å². The fourth-order valence-corrected chi connectivity index (χ4v) is 1.78. The first-order valence-electron chi connectivity index (χ1n) is 6.53. The van der Waals surface area contributed by atoms with Crippen LogP contribution in [0.1, 0.15) is 31.3 Å². The molecule has 5 heteroatoms. The van der Waals surface area contributed by atoms with Gasteiger partial charge in [-0.25, -0.2) is 4.79 Å². The summed E-state index contributed by atoms with van der Waals surface area (Å²) in [5.74, 6) is 0.737. The minimum absolute atomic E-state index is 0.233. The summed E-state index contributed by atoms with van der Waals surface area (Å²) in [6.07, 6.45) is 0.0880. The molecule has 0 atom stereocenters. The molecule has 5 nitrogen and oxygen atoms in total. The number of anilines is 1. The molecule has 0 aliphatic carbocycles. The normalized spacial score (nSPS) is 11.0. The summed E-state index contributed by atoms with van der Waals surface area (Å²) in [5, 5.41) is 2.68. The molecule has 0 aliphatic rings. The Morgan fingerprint density at radius 1 is 1.19 bits per heavy atom. The number of benzene rings is 1. The predicted octanol–water partition coefficient (Wildman–Crippen LogP) is 4.11. The number of aldehydes is 1. The van der Waals surface area contributed by atoms with E-state index in [1.165, 1.54) is 0 Å². The lowest BCUT2D eigenvalue weighted by molar-refractivity contribution is 0.0636. The number of amides is 1. The van der Waals surface area contributed by atoms with Crippen molar-refractivity contribution in [2.24, 2.45) is 0 Å². The third-order valence-corrected chi connectivity index (χ3v) is 2.57. The minimum atomic E-state index is -0.575. The molecule has 1 amide bonds. The molecule has 0 fully saturated rings. The van der Waals surface area contributed by atoms with Crippen LogP contribution in [0.25, 0.3) is 11.3 Å². The van der Waals surface area contributed by atoms with Crippen LogP contribution in [0.5, 0.6) is 0 Å². The molecule has 0 saturated heterocycles. The van der Waals surface area contributed by atoms with Gasteiger partial charge < -0.3 is 9.15 Å². The van der Waals surface area contributed by atoms with Gasteiger partial charge in [0.1, 0.15) is 11.4 Å². The van der Waals surface area contributed by atoms with Gasteiger partial charge in [0, 0.05) is 5.56 Å². The second-order valence-corrected chi connectivity index (χ2v) is 5.49. The van der Waals surface area contributed by atoms with Gasteiger partial charge in [0.2, 0.25) is 0 Å². The van der Waals surface area contributed by atoms with E-state index in [-0.39, 0.29) is 5.76 Å². The van der Waals surface area contributed by atoms with Crippen molar-refractivity contribution < 1.29 is 18.7 Å². The summed E-state index contributed by atoms with van der Waals surface area (Å²) in [7, 11) is 0. The molecule has 0 bridgehead atoms. The Kier molecular flexibility index (Phi) is 4.12. The predicted molar refractivity (Wildman–Crippen MR) is 79.4 cm³/mol. The molecule has 0 spiro atoms. The van der Waals surface area contributed by atoms with Gasteiger partial charge in [0.25, 0.3) is 0 Å². The van der Waals surface area contributed by atoms with Gasteiger partial charge in [-0.2, -0.15) is 0 Å². The maximum absolute atomic E-state index is 11.9. The van der Waals surface area contributed by atoms with Crippen molar-refractivity contribution in [3.63, 3.8) is 0 Å². The lowest BCUT2D eigenvalue weighted by atomic mass is 10.1. The number of nitrogens with one attached hydrogen (secondary N) is 1. The first kappa shape index (κ1) is 14.8. The van der Waals surface area contributed by atoms with Crippen LogP contribution in [-0.2, 0) is 4.74 Å². The Bertz CT molecular complexity index is 652. The van der Waals surface area contributed by atoms with Crippen LogP contribution in [0.3, 0.4) is 0 Å². The molecular formula is C16H17NO4. The lowest BCUT2D eigenvalue weighted by Crippen LogP contribution is -2.27. The number of furan rings is 1. The van der Waals surface area contributed by atoms with E-state index in [1.807, 2.05) is 6.07 Å². The van der Waals surface area contributed by atoms with Gasteiger partial charge in [-0.1, -0.05) is 12.1 Å². The highest BCUT2D eigenvalue weighted by molar-refractivity contribution is 5.91. The van der Waals surface area contributed by atoms with Gasteiger partial charge in [-0.3, -0.25) is 10.1 Å². The summed E-state index contributed by atoms with van der Waals surface area (Å²) in [4.78, 5) is 22.5. The minimum Gasteiger partial charge on any atom is -0.453 e. The second-order valence-electron chi connectivity index (χ2n) is 5.49. The van der Waals surface area contributed by atoms with Crippen LogP contribution in [0, 0.1) is 0 Å². The van der Waals surface area contributed by atoms with Gasteiger partial charge in [0.05, 0.1) is 5.69 Å². The Labute approximate surface area is 122 Å². The quantitative estimate of drug-likeness (QED) is 0.863. The van der Waals surface area contributed by atoms with Crippen molar-refractivity contribution in [2.45, 2.75) is 26.4 Å². The molecule has 0 unspecified atom stereocenters. The summed E-state index contributed by atoms with van der Waals surface area (Å²) >= 11 is 0. The number of hydrogen-bond donors (Lipinski definition) is 1. The molecule has 1 heterocycles. The summed E-state index contributed by atoms with van der Waals surface area (Å²) in [6, 6.07) is 10.4. The van der Waals surface area contributed by atoms with E-state index < -0.39 is 11.7 Å². The van der Waals surface area contributed by atoms with E-state index in [0.29, 0.717) is 23.3 Å². The fraction of sp³-hybridized carbons (Fsp3) is 0.250. The van der Waals surface area contributed by atoms with E-state index in [2.05, 4.69) is 5.32 Å². The fourth-order valence-electron chi connectivity index (χ4n) is 1.78. The summed E-state index contributed by atoms with van der Waals surface area (Å²) in [5.41, 5.74) is 0.656. The average Bonchev–Trinajstić information content (AvgIpc) is 2.85. The highest BCUT2D eigenvalue weighted by Crippen LogP contribution is 2.29. The molecule has 1 aromatic carbocycles. The lowest BCUT2D eigenvalue weighted by Gasteiger charge is -2.20. The van der Waals surface area contributed by atoms with Gasteiger partial charge in [-0.05, 0) is 45.0 Å². The smallest absolute Gasteiger partial charge is 0.412 e. The molecular weight excluding hydrogens is 270 g/mol. The highest BCUT2D eigenvalue weighted by atomic mass is 16.6. The third-order valence-electron chi connectivity index (χ3n) is 2.57. The number of para-hydroxylation sites is 1. The van der Waals surface area contributed by atoms with E-state index in [0.717, 1.165) is 0 Å². The van der Waals surface area contributed by atoms with Gasteiger partial charge in [0.15, 0.2) is 12.0 Å². The van der Waals surface area contributed by atoms with Crippen molar-refractivity contribution in [1.82, 2.24) is 0 Å². The molecule has 2 aromatic rings. The monoisotopic (exact) mass is 287 g/mol. The van der Waals surface area contributed by atoms with E-state index in [9.17, 15) is 9.59 Å². The van der Waals surface area contributed by atoms with Crippen molar-refractivity contribution in [2.75, 3.05) is 5.32 Å². The zero-order valence-electron chi connectivity index (χ0n) is 12.2. The Hall–Kier alpha value is -2.56. The third kappa shape index (κ3) is 3.95. The van der Waals surface area contributed by atoms with Gasteiger partial charge in [-0.15, -0.1) is 0 Å². The first-order chi connectivity index (χ1) is 9.89. The SMILES string of the molecule is CC(C)(C)OC(=O)Nc1ccccc1-c1ccc(C=O)o1. The van der Waals surface area contributed by atoms with Crippen molar-refractivity contribution in [3.05, 3.63) is 42.2 Å². The highest BCUT2D eigenvalue weighted by Gasteiger charge is 2.18. The van der Waals surface area contributed by atoms with Crippen LogP contribution < -0.4 is 5.32 Å². The molecule has 110 valence electrons. The summed E-state index contributed by atoms with van der Waals surface area (Å²) < 4.78 is 10.6. The topological polar surface area (TPSA) is 68.5 Å². The molecule has 1 N–H and O–H groups in total. The number of ether oxygens (including phenoxy) is 1. The number of carbonyl (C=O) groups is 2. The molecule has 21 heavy (non-hydrogen) atoms. The average molecular weight is 287 g/mol. The van der Waals surface area contributed by atoms with Crippen molar-refractivity contribution >= 4 is 18.1 Å². The standard InChI is InChI=1S/C16H17NO4/c1-16(2,3)21-15(19)17-13-7-5-4-6-12(13)14-9-8-11(10-18)20-14/h4-10H,1-3H3,(H,17,19). The number of rotatable bonds is 3. The molecule has 0 radical (unpaired) electrons. The largest absolute Gasteiger partial charge is 0.453 e. The first-order valence-corrected chi connectivity index (χ1v) is 6.53. The van der Waals surface area contributed by atoms with E-state index in [1.54, 1.807) is 51.1 Å². The Balaban J connectivity index is 2.25. The van der Waals surface area contributed by atoms with Crippen LogP contribution >= 0.6 is 0 Å². The van der Waals surface area contributed by atoms with Crippen LogP contribution in [0.2, 0.25) is 0 Å². The zero-order chi connectivity index (χ0) is 15.5. The zero-order valence-corrected chi connectivity index (χ0v) is 12.2. The maximum Gasteiger partial charge on any atom is 0.412 e. The maximum atomic E-state index is 11.9. The number of hydrogen-bond acceptors (Lipinski definition) is 4. The molecule has 0 aliphatic heterocycles. The Morgan fingerprint density at radius 2 is 1.90 bits per heavy atom. The van der Waals surface area contributed by atoms with Crippen LogP contribution in [0.4, 0.5) is 10.5 Å². The molecule has 1 aromatic heterocycles. The Morgan fingerprint density at radius 3 is 2.52 bits per heavy atom.